The Labute approximate surface area is 131 Å². The molecule has 108 valence electrons. The number of carbonyl (C=O) groups is 1. The zero-order valence-electron chi connectivity index (χ0n) is 11.6. The van der Waals surface area contributed by atoms with Gasteiger partial charge in [-0.15, -0.1) is 11.6 Å². The lowest BCUT2D eigenvalue weighted by atomic mass is 10.0. The van der Waals surface area contributed by atoms with Crippen LogP contribution in [0.1, 0.15) is 25.7 Å². The molecular weight excluding hydrogens is 344 g/mol. The number of benzene rings is 1. The van der Waals surface area contributed by atoms with E-state index in [2.05, 4.69) is 20.9 Å². The molecule has 0 fully saturated rings. The van der Waals surface area contributed by atoms with E-state index >= 15 is 0 Å². The van der Waals surface area contributed by atoms with Crippen LogP contribution in [0.15, 0.2) is 22.7 Å². The van der Waals surface area contributed by atoms with Gasteiger partial charge in [0.25, 0.3) is 0 Å². The van der Waals surface area contributed by atoms with E-state index in [1.807, 2.05) is 36.6 Å². The highest BCUT2D eigenvalue weighted by molar-refractivity contribution is 9.10. The number of aromatic nitrogens is 2. The van der Waals surface area contributed by atoms with Crippen molar-refractivity contribution in [2.24, 2.45) is 5.92 Å². The summed E-state index contributed by atoms with van der Waals surface area (Å²) in [6, 6.07) is 5.34. The number of imidazole rings is 1. The number of halogens is 2. The molecule has 1 atom stereocenters. The van der Waals surface area contributed by atoms with Crippen molar-refractivity contribution >= 4 is 44.5 Å². The number of ether oxygens (including phenoxy) is 1. The molecule has 1 heterocycles. The molecule has 0 aliphatic heterocycles. The van der Waals surface area contributed by atoms with E-state index in [9.17, 15) is 4.79 Å². The number of hydrogen-bond acceptors (Lipinski definition) is 3. The molecule has 0 saturated heterocycles. The smallest absolute Gasteiger partial charge is 0.329 e. The Morgan fingerprint density at radius 3 is 2.75 bits per heavy atom. The first-order valence-corrected chi connectivity index (χ1v) is 7.62. The van der Waals surface area contributed by atoms with Crippen LogP contribution in [0.2, 0.25) is 0 Å². The van der Waals surface area contributed by atoms with Crippen LogP contribution in [0.25, 0.3) is 11.0 Å². The van der Waals surface area contributed by atoms with E-state index in [4.69, 9.17) is 16.3 Å². The molecule has 1 unspecified atom stereocenters. The van der Waals surface area contributed by atoms with Crippen molar-refractivity contribution in [3.05, 3.63) is 28.5 Å². The maximum Gasteiger partial charge on any atom is 0.329 e. The largest absolute Gasteiger partial charge is 0.467 e. The standard InChI is InChI=1S/C14H16BrClN2O2/c1-8(2)13(14(19)20-3)18-11-5-4-9(15)6-10(11)17-12(18)7-16/h4-6,8,13H,7H2,1-3H3. The first-order valence-electron chi connectivity index (χ1n) is 6.29. The maximum atomic E-state index is 12.1. The summed E-state index contributed by atoms with van der Waals surface area (Å²) >= 11 is 9.42. The summed E-state index contributed by atoms with van der Waals surface area (Å²) in [5.74, 6) is 0.704. The first-order chi connectivity index (χ1) is 9.49. The number of nitrogens with zero attached hydrogens (tertiary/aromatic N) is 2. The van der Waals surface area contributed by atoms with Gasteiger partial charge in [-0.05, 0) is 24.1 Å². The van der Waals surface area contributed by atoms with Crippen molar-refractivity contribution in [1.82, 2.24) is 9.55 Å². The van der Waals surface area contributed by atoms with E-state index in [0.29, 0.717) is 5.82 Å². The molecule has 20 heavy (non-hydrogen) atoms. The molecule has 0 aliphatic rings. The first kappa shape index (κ1) is 15.3. The average molecular weight is 360 g/mol. The lowest BCUT2D eigenvalue weighted by molar-refractivity contribution is -0.145. The van der Waals surface area contributed by atoms with Gasteiger partial charge in [0.05, 0.1) is 24.0 Å². The van der Waals surface area contributed by atoms with Crippen molar-refractivity contribution in [2.75, 3.05) is 7.11 Å². The number of alkyl halides is 1. The van der Waals surface area contributed by atoms with Crippen LogP contribution in [0.4, 0.5) is 0 Å². The number of hydrogen-bond donors (Lipinski definition) is 0. The minimum absolute atomic E-state index is 0.0745. The normalized spacial score (nSPS) is 12.9. The fourth-order valence-electron chi connectivity index (χ4n) is 2.32. The van der Waals surface area contributed by atoms with Crippen LogP contribution >= 0.6 is 27.5 Å². The van der Waals surface area contributed by atoms with Crippen molar-refractivity contribution in [2.45, 2.75) is 25.8 Å². The Bertz CT molecular complexity index is 639. The summed E-state index contributed by atoms with van der Waals surface area (Å²) in [6.07, 6.45) is 0. The third-order valence-electron chi connectivity index (χ3n) is 3.20. The van der Waals surface area contributed by atoms with Crippen LogP contribution in [0.5, 0.6) is 0 Å². The highest BCUT2D eigenvalue weighted by Crippen LogP contribution is 2.29. The Morgan fingerprint density at radius 2 is 2.20 bits per heavy atom. The Hall–Kier alpha value is -1.07. The van der Waals surface area contributed by atoms with E-state index in [1.54, 1.807) is 0 Å². The minimum Gasteiger partial charge on any atom is -0.467 e. The molecule has 0 saturated carbocycles. The fraction of sp³-hybridized carbons (Fsp3) is 0.429. The summed E-state index contributed by atoms with van der Waals surface area (Å²) in [4.78, 5) is 16.6. The molecule has 0 aliphatic carbocycles. The second-order valence-electron chi connectivity index (χ2n) is 4.88. The van der Waals surface area contributed by atoms with E-state index in [1.165, 1.54) is 7.11 Å². The zero-order chi connectivity index (χ0) is 14.9. The minimum atomic E-state index is -0.431. The lowest BCUT2D eigenvalue weighted by Gasteiger charge is -2.22. The molecule has 1 aromatic heterocycles. The predicted octanol–water partition coefficient (Wildman–Crippen LogP) is 3.91. The second-order valence-corrected chi connectivity index (χ2v) is 6.06. The molecule has 0 N–H and O–H groups in total. The van der Waals surface area contributed by atoms with Crippen molar-refractivity contribution in [3.63, 3.8) is 0 Å². The van der Waals surface area contributed by atoms with Crippen LogP contribution in [0.3, 0.4) is 0 Å². The third kappa shape index (κ3) is 2.69. The molecule has 0 bridgehead atoms. The van der Waals surface area contributed by atoms with Crippen LogP contribution in [-0.4, -0.2) is 22.6 Å². The molecule has 0 amide bonds. The Kier molecular flexibility index (Phi) is 4.70. The summed E-state index contributed by atoms with van der Waals surface area (Å²) < 4.78 is 7.75. The average Bonchev–Trinajstić information content (AvgIpc) is 2.76. The van der Waals surface area contributed by atoms with Crippen molar-refractivity contribution in [1.29, 1.82) is 0 Å². The van der Waals surface area contributed by atoms with Crippen LogP contribution in [-0.2, 0) is 15.4 Å². The zero-order valence-corrected chi connectivity index (χ0v) is 13.9. The monoisotopic (exact) mass is 358 g/mol. The molecular formula is C14H16BrClN2O2. The second kappa shape index (κ2) is 6.14. The maximum absolute atomic E-state index is 12.1. The molecule has 4 nitrogen and oxygen atoms in total. The number of rotatable bonds is 4. The van der Waals surface area contributed by atoms with Gasteiger partial charge in [0, 0.05) is 4.47 Å². The number of fused-ring (bicyclic) bond motifs is 1. The number of carbonyl (C=O) groups excluding carboxylic acids is 1. The summed E-state index contributed by atoms with van der Waals surface area (Å²) in [6.45, 7) is 3.95. The summed E-state index contributed by atoms with van der Waals surface area (Å²) in [5, 5.41) is 0. The van der Waals surface area contributed by atoms with Gasteiger partial charge in [0.15, 0.2) is 0 Å². The highest BCUT2D eigenvalue weighted by atomic mass is 79.9. The van der Waals surface area contributed by atoms with Gasteiger partial charge in [-0.2, -0.15) is 0 Å². The molecule has 0 radical (unpaired) electrons. The highest BCUT2D eigenvalue weighted by Gasteiger charge is 2.28. The molecule has 6 heteroatoms. The van der Waals surface area contributed by atoms with Crippen LogP contribution < -0.4 is 0 Å². The number of methoxy groups -OCH3 is 1. The van der Waals surface area contributed by atoms with Crippen LogP contribution in [0, 0.1) is 5.92 Å². The van der Waals surface area contributed by atoms with Crippen molar-refractivity contribution < 1.29 is 9.53 Å². The summed E-state index contributed by atoms with van der Waals surface area (Å²) in [5.41, 5.74) is 1.69. The van der Waals surface area contributed by atoms with Gasteiger partial charge in [-0.25, -0.2) is 9.78 Å². The summed E-state index contributed by atoms with van der Waals surface area (Å²) in [7, 11) is 1.40. The van der Waals surface area contributed by atoms with Crippen molar-refractivity contribution in [3.8, 4) is 0 Å². The van der Waals surface area contributed by atoms with Gasteiger partial charge in [0.1, 0.15) is 11.9 Å². The molecule has 0 spiro atoms. The van der Waals surface area contributed by atoms with Gasteiger partial charge >= 0.3 is 5.97 Å². The third-order valence-corrected chi connectivity index (χ3v) is 3.93. The van der Waals surface area contributed by atoms with E-state index < -0.39 is 6.04 Å². The SMILES string of the molecule is COC(=O)C(C(C)C)n1c(CCl)nc2cc(Br)ccc21. The lowest BCUT2D eigenvalue weighted by Crippen LogP contribution is -2.27. The van der Waals surface area contributed by atoms with E-state index in [-0.39, 0.29) is 17.8 Å². The van der Waals surface area contributed by atoms with Gasteiger partial charge < -0.3 is 9.30 Å². The number of esters is 1. The Balaban J connectivity index is 2.69. The fourth-order valence-corrected chi connectivity index (χ4v) is 2.86. The molecule has 1 aromatic carbocycles. The van der Waals surface area contributed by atoms with Gasteiger partial charge in [-0.1, -0.05) is 29.8 Å². The molecule has 2 aromatic rings. The predicted molar refractivity (Wildman–Crippen MR) is 82.9 cm³/mol. The van der Waals surface area contributed by atoms with Gasteiger partial charge in [0.2, 0.25) is 0 Å². The van der Waals surface area contributed by atoms with Gasteiger partial charge in [-0.3, -0.25) is 0 Å². The molecule has 2 rings (SSSR count). The Morgan fingerprint density at radius 1 is 1.50 bits per heavy atom. The van der Waals surface area contributed by atoms with E-state index in [0.717, 1.165) is 15.5 Å². The topological polar surface area (TPSA) is 44.1 Å². The quantitative estimate of drug-likeness (QED) is 0.614.